The summed E-state index contributed by atoms with van der Waals surface area (Å²) in [5, 5.41) is 8.83. The zero-order chi connectivity index (χ0) is 15.1. The number of ether oxygens (including phenoxy) is 1. The summed E-state index contributed by atoms with van der Waals surface area (Å²) in [4.78, 5) is 15.1. The molecular formula is C17H17NO3. The van der Waals surface area contributed by atoms with E-state index in [4.69, 9.17) is 9.84 Å². The Kier molecular flexibility index (Phi) is 5.10. The molecule has 21 heavy (non-hydrogen) atoms. The first-order valence-electron chi connectivity index (χ1n) is 6.79. The Bertz CT molecular complexity index is 615. The van der Waals surface area contributed by atoms with Crippen LogP contribution in [0, 0.1) is 0 Å². The summed E-state index contributed by atoms with van der Waals surface area (Å²) < 4.78 is 5.50. The first-order valence-corrected chi connectivity index (χ1v) is 6.79. The van der Waals surface area contributed by atoms with E-state index in [9.17, 15) is 4.79 Å². The van der Waals surface area contributed by atoms with Crippen molar-refractivity contribution in [2.75, 3.05) is 6.61 Å². The predicted molar refractivity (Wildman–Crippen MR) is 82.9 cm³/mol. The standard InChI is InChI=1S/C17H17NO3/c1-2-11-21-16-9-7-15(8-10-16)18-12-13-3-5-14(6-4-13)17(19)20/h3-10,12H,2,11H2,1H3,(H,19,20)/b18-12+. The van der Waals surface area contributed by atoms with E-state index >= 15 is 0 Å². The first-order chi connectivity index (χ1) is 10.2. The molecule has 108 valence electrons. The summed E-state index contributed by atoms with van der Waals surface area (Å²) in [5.74, 6) is -0.0947. The molecule has 0 atom stereocenters. The molecule has 4 heteroatoms. The van der Waals surface area contributed by atoms with Gasteiger partial charge in [0.05, 0.1) is 17.9 Å². The SMILES string of the molecule is CCCOc1ccc(/N=C/c2ccc(C(=O)O)cc2)cc1. The van der Waals surface area contributed by atoms with Gasteiger partial charge in [0.2, 0.25) is 0 Å². The van der Waals surface area contributed by atoms with E-state index in [1.54, 1.807) is 30.5 Å². The Labute approximate surface area is 123 Å². The Morgan fingerprint density at radius 1 is 1.14 bits per heavy atom. The van der Waals surface area contributed by atoms with Crippen LogP contribution >= 0.6 is 0 Å². The Morgan fingerprint density at radius 2 is 1.81 bits per heavy atom. The van der Waals surface area contributed by atoms with Crippen molar-refractivity contribution >= 4 is 17.9 Å². The summed E-state index contributed by atoms with van der Waals surface area (Å²) in [6.07, 6.45) is 2.68. The molecule has 0 spiro atoms. The Morgan fingerprint density at radius 3 is 2.38 bits per heavy atom. The highest BCUT2D eigenvalue weighted by Crippen LogP contribution is 2.18. The van der Waals surface area contributed by atoms with Crippen LogP contribution in [0.2, 0.25) is 0 Å². The number of aromatic carboxylic acids is 1. The van der Waals surface area contributed by atoms with Crippen LogP contribution in [0.5, 0.6) is 5.75 Å². The van der Waals surface area contributed by atoms with E-state index in [-0.39, 0.29) is 5.56 Å². The molecule has 0 heterocycles. The van der Waals surface area contributed by atoms with Gasteiger partial charge in [0.25, 0.3) is 0 Å². The van der Waals surface area contributed by atoms with Crippen LogP contribution in [0.3, 0.4) is 0 Å². The van der Waals surface area contributed by atoms with Crippen LogP contribution in [0.15, 0.2) is 53.5 Å². The minimum atomic E-state index is -0.929. The molecule has 0 aliphatic rings. The molecule has 0 aliphatic carbocycles. The number of hydrogen-bond acceptors (Lipinski definition) is 3. The predicted octanol–water partition coefficient (Wildman–Crippen LogP) is 3.92. The number of hydrogen-bond donors (Lipinski definition) is 1. The monoisotopic (exact) mass is 283 g/mol. The minimum absolute atomic E-state index is 0.268. The van der Waals surface area contributed by atoms with E-state index < -0.39 is 5.97 Å². The molecule has 2 rings (SSSR count). The molecule has 0 aromatic heterocycles. The van der Waals surface area contributed by atoms with Crippen molar-refractivity contribution in [2.45, 2.75) is 13.3 Å². The lowest BCUT2D eigenvalue weighted by molar-refractivity contribution is 0.0697. The number of rotatable bonds is 6. The molecule has 0 saturated heterocycles. The van der Waals surface area contributed by atoms with Crippen molar-refractivity contribution in [3.05, 3.63) is 59.7 Å². The minimum Gasteiger partial charge on any atom is -0.494 e. The van der Waals surface area contributed by atoms with Crippen molar-refractivity contribution in [1.82, 2.24) is 0 Å². The first kappa shape index (κ1) is 14.8. The molecule has 0 bridgehead atoms. The lowest BCUT2D eigenvalue weighted by atomic mass is 10.1. The van der Waals surface area contributed by atoms with Crippen molar-refractivity contribution in [1.29, 1.82) is 0 Å². The van der Waals surface area contributed by atoms with Crippen LogP contribution in [-0.2, 0) is 0 Å². The lowest BCUT2D eigenvalue weighted by Crippen LogP contribution is -1.95. The van der Waals surface area contributed by atoms with Gasteiger partial charge in [0, 0.05) is 6.21 Å². The summed E-state index contributed by atoms with van der Waals surface area (Å²) in [5.41, 5.74) is 1.94. The highest BCUT2D eigenvalue weighted by Gasteiger charge is 2.00. The van der Waals surface area contributed by atoms with Crippen LogP contribution in [0.4, 0.5) is 5.69 Å². The maximum atomic E-state index is 10.8. The number of carboxylic acids is 1. The molecule has 0 radical (unpaired) electrons. The maximum Gasteiger partial charge on any atom is 0.335 e. The van der Waals surface area contributed by atoms with Crippen molar-refractivity contribution in [3.8, 4) is 5.75 Å². The number of nitrogens with zero attached hydrogens (tertiary/aromatic N) is 1. The van der Waals surface area contributed by atoms with Crippen molar-refractivity contribution in [2.24, 2.45) is 4.99 Å². The zero-order valence-electron chi connectivity index (χ0n) is 11.8. The van der Waals surface area contributed by atoms with Crippen LogP contribution in [-0.4, -0.2) is 23.9 Å². The quantitative estimate of drug-likeness (QED) is 0.817. The van der Waals surface area contributed by atoms with Gasteiger partial charge in [-0.1, -0.05) is 19.1 Å². The maximum absolute atomic E-state index is 10.8. The fraction of sp³-hybridized carbons (Fsp3) is 0.176. The molecule has 2 aromatic rings. The average Bonchev–Trinajstić information content (AvgIpc) is 2.52. The zero-order valence-corrected chi connectivity index (χ0v) is 11.8. The van der Waals surface area contributed by atoms with Crippen molar-refractivity contribution in [3.63, 3.8) is 0 Å². The molecule has 0 fully saturated rings. The van der Waals surface area contributed by atoms with Gasteiger partial charge in [0.1, 0.15) is 5.75 Å². The Balaban J connectivity index is 2.01. The summed E-state index contributed by atoms with van der Waals surface area (Å²) in [7, 11) is 0. The average molecular weight is 283 g/mol. The van der Waals surface area contributed by atoms with Gasteiger partial charge in [0.15, 0.2) is 0 Å². The van der Waals surface area contributed by atoms with E-state index in [1.165, 1.54) is 0 Å². The second-order valence-corrected chi connectivity index (χ2v) is 4.53. The third-order valence-corrected chi connectivity index (χ3v) is 2.83. The van der Waals surface area contributed by atoms with Gasteiger partial charge in [-0.25, -0.2) is 4.79 Å². The molecule has 0 unspecified atom stereocenters. The van der Waals surface area contributed by atoms with Crippen LogP contribution in [0.1, 0.15) is 29.3 Å². The highest BCUT2D eigenvalue weighted by molar-refractivity contribution is 5.89. The lowest BCUT2D eigenvalue weighted by Gasteiger charge is -2.03. The second-order valence-electron chi connectivity index (χ2n) is 4.53. The summed E-state index contributed by atoms with van der Waals surface area (Å²) in [6.45, 7) is 2.77. The number of carbonyl (C=O) groups is 1. The number of carboxylic acid groups (broad SMARTS) is 1. The van der Waals surface area contributed by atoms with Gasteiger partial charge in [-0.05, 0) is 48.4 Å². The van der Waals surface area contributed by atoms with Gasteiger partial charge < -0.3 is 9.84 Å². The largest absolute Gasteiger partial charge is 0.494 e. The third kappa shape index (κ3) is 4.45. The smallest absolute Gasteiger partial charge is 0.335 e. The van der Waals surface area contributed by atoms with Gasteiger partial charge >= 0.3 is 5.97 Å². The van der Waals surface area contributed by atoms with E-state index in [1.807, 2.05) is 24.3 Å². The second kappa shape index (κ2) is 7.24. The van der Waals surface area contributed by atoms with Crippen molar-refractivity contribution < 1.29 is 14.6 Å². The molecule has 2 aromatic carbocycles. The van der Waals surface area contributed by atoms with Crippen LogP contribution < -0.4 is 4.74 Å². The fourth-order valence-corrected chi connectivity index (χ4v) is 1.71. The van der Waals surface area contributed by atoms with E-state index in [2.05, 4.69) is 11.9 Å². The van der Waals surface area contributed by atoms with Gasteiger partial charge in [-0.3, -0.25) is 4.99 Å². The molecular weight excluding hydrogens is 266 g/mol. The molecule has 0 saturated carbocycles. The summed E-state index contributed by atoms with van der Waals surface area (Å²) in [6, 6.07) is 14.1. The number of aliphatic imine (C=N–C) groups is 1. The van der Waals surface area contributed by atoms with Gasteiger partial charge in [-0.15, -0.1) is 0 Å². The fourth-order valence-electron chi connectivity index (χ4n) is 1.71. The van der Waals surface area contributed by atoms with E-state index in [0.29, 0.717) is 6.61 Å². The molecule has 0 aliphatic heterocycles. The molecule has 0 amide bonds. The van der Waals surface area contributed by atoms with Gasteiger partial charge in [-0.2, -0.15) is 0 Å². The third-order valence-electron chi connectivity index (χ3n) is 2.83. The molecule has 4 nitrogen and oxygen atoms in total. The highest BCUT2D eigenvalue weighted by atomic mass is 16.5. The number of benzene rings is 2. The Hall–Kier alpha value is -2.62. The van der Waals surface area contributed by atoms with Crippen LogP contribution in [0.25, 0.3) is 0 Å². The summed E-state index contributed by atoms with van der Waals surface area (Å²) >= 11 is 0. The van der Waals surface area contributed by atoms with E-state index in [0.717, 1.165) is 23.4 Å². The normalized spacial score (nSPS) is 10.7. The molecule has 1 N–H and O–H groups in total. The topological polar surface area (TPSA) is 58.9 Å².